The van der Waals surface area contributed by atoms with Gasteiger partial charge in [-0.3, -0.25) is 0 Å². The zero-order valence-electron chi connectivity index (χ0n) is 9.95. The first-order valence-corrected chi connectivity index (χ1v) is 6.36. The molecule has 1 N–H and O–H groups in total. The Balaban J connectivity index is 2.25. The molecule has 1 aliphatic rings. The smallest absolute Gasteiger partial charge is 0.343 e. The molecule has 1 aromatic rings. The van der Waals surface area contributed by atoms with Crippen LogP contribution in [0.4, 0.5) is 0 Å². The second kappa shape index (κ2) is 5.77. The maximum Gasteiger partial charge on any atom is 0.343 e. The molecule has 0 amide bonds. The van der Waals surface area contributed by atoms with E-state index < -0.39 is 0 Å². The quantitative estimate of drug-likeness (QED) is 0.640. The molecule has 0 aliphatic carbocycles. The fourth-order valence-electron chi connectivity index (χ4n) is 1.97. The topological polar surface area (TPSA) is 30.5 Å². The van der Waals surface area contributed by atoms with Gasteiger partial charge in [0.05, 0.1) is 0 Å². The van der Waals surface area contributed by atoms with E-state index in [-0.39, 0.29) is 0 Å². The fourth-order valence-corrected chi connectivity index (χ4v) is 2.14. The highest BCUT2D eigenvalue weighted by atomic mass is 28.2. The van der Waals surface area contributed by atoms with Gasteiger partial charge in [-0.1, -0.05) is 38.0 Å². The average Bonchev–Trinajstić information content (AvgIpc) is 2.39. The molecule has 0 fully saturated rings. The molecule has 2 rings (SSSR count). The maximum absolute atomic E-state index is 5.40. The van der Waals surface area contributed by atoms with Gasteiger partial charge in [-0.05, 0) is 18.9 Å². The van der Waals surface area contributed by atoms with E-state index in [0.717, 1.165) is 29.7 Å². The standard InChI is InChI=1S/C13H16NO2Si/c1-2-3-4-8-11-10-7-5-6-9-12(10)15-14-13(11)16-17/h5-7,9,14H,2-4,8H2,1H3. The van der Waals surface area contributed by atoms with Gasteiger partial charge < -0.3 is 9.26 Å². The first-order chi connectivity index (χ1) is 8.36. The Morgan fingerprint density at radius 1 is 1.29 bits per heavy atom. The molecule has 0 aromatic heterocycles. The van der Waals surface area contributed by atoms with Crippen LogP contribution in [0.25, 0.3) is 5.57 Å². The minimum atomic E-state index is 0.650. The van der Waals surface area contributed by atoms with Crippen LogP contribution in [0.2, 0.25) is 0 Å². The predicted molar refractivity (Wildman–Crippen MR) is 68.1 cm³/mol. The highest BCUT2D eigenvalue weighted by molar-refractivity contribution is 5.99. The predicted octanol–water partition coefficient (Wildman–Crippen LogP) is 2.93. The summed E-state index contributed by atoms with van der Waals surface area (Å²) in [5, 5.41) is 0. The minimum Gasteiger partial charge on any atom is -0.527 e. The SMILES string of the molecule is CCCCCC1=C(O[Si])NOc2ccccc21. The Hall–Kier alpha value is -1.42. The van der Waals surface area contributed by atoms with Crippen LogP contribution >= 0.6 is 0 Å². The summed E-state index contributed by atoms with van der Waals surface area (Å²) in [5.74, 6) is 1.50. The maximum atomic E-state index is 5.40. The van der Waals surface area contributed by atoms with Crippen LogP contribution in [-0.4, -0.2) is 10.5 Å². The van der Waals surface area contributed by atoms with Crippen molar-refractivity contribution in [3.63, 3.8) is 0 Å². The molecule has 0 atom stereocenters. The first kappa shape index (κ1) is 12.0. The molecule has 0 unspecified atom stereocenters. The molecule has 0 saturated heterocycles. The van der Waals surface area contributed by atoms with Crippen molar-refractivity contribution in [1.82, 2.24) is 5.48 Å². The summed E-state index contributed by atoms with van der Waals surface area (Å²) in [6.07, 6.45) is 4.58. The van der Waals surface area contributed by atoms with E-state index in [4.69, 9.17) is 9.26 Å². The normalized spacial score (nSPS) is 13.8. The second-order valence-electron chi connectivity index (χ2n) is 4.07. The minimum absolute atomic E-state index is 0.650. The number of rotatable bonds is 5. The van der Waals surface area contributed by atoms with E-state index in [1.807, 2.05) is 18.2 Å². The molecular weight excluding hydrogens is 230 g/mol. The number of hydrogen-bond donors (Lipinski definition) is 1. The van der Waals surface area contributed by atoms with Gasteiger partial charge in [0.15, 0.2) is 5.75 Å². The van der Waals surface area contributed by atoms with E-state index >= 15 is 0 Å². The van der Waals surface area contributed by atoms with Crippen molar-refractivity contribution in [2.24, 2.45) is 0 Å². The van der Waals surface area contributed by atoms with E-state index in [9.17, 15) is 0 Å². The Labute approximate surface area is 105 Å². The van der Waals surface area contributed by atoms with Gasteiger partial charge in [0.2, 0.25) is 5.88 Å². The van der Waals surface area contributed by atoms with Crippen molar-refractivity contribution in [3.05, 3.63) is 35.7 Å². The third-order valence-electron chi connectivity index (χ3n) is 2.87. The monoisotopic (exact) mass is 246 g/mol. The van der Waals surface area contributed by atoms with E-state index in [1.165, 1.54) is 12.8 Å². The second-order valence-corrected chi connectivity index (χ2v) is 4.27. The third kappa shape index (κ3) is 2.64. The van der Waals surface area contributed by atoms with Crippen LogP contribution in [-0.2, 0) is 4.43 Å². The number of hydrogen-bond acceptors (Lipinski definition) is 3. The van der Waals surface area contributed by atoms with Crippen LogP contribution in [0.5, 0.6) is 5.75 Å². The van der Waals surface area contributed by atoms with E-state index in [0.29, 0.717) is 5.88 Å². The van der Waals surface area contributed by atoms with Crippen molar-refractivity contribution in [2.45, 2.75) is 32.6 Å². The molecule has 4 heteroatoms. The van der Waals surface area contributed by atoms with Crippen LogP contribution in [0.3, 0.4) is 0 Å². The molecular formula is C13H16NO2Si. The molecule has 0 saturated carbocycles. The molecule has 1 aliphatic heterocycles. The van der Waals surface area contributed by atoms with Gasteiger partial charge in [-0.2, -0.15) is 5.48 Å². The zero-order valence-corrected chi connectivity index (χ0v) is 11.0. The number of unbranched alkanes of at least 4 members (excludes halogenated alkanes) is 2. The lowest BCUT2D eigenvalue weighted by Gasteiger charge is -2.23. The lowest BCUT2D eigenvalue weighted by molar-refractivity contribution is 0.171. The van der Waals surface area contributed by atoms with Crippen molar-refractivity contribution >= 4 is 16.1 Å². The van der Waals surface area contributed by atoms with Crippen molar-refractivity contribution < 1.29 is 9.26 Å². The average molecular weight is 246 g/mol. The number of nitrogens with one attached hydrogen (secondary N) is 1. The Morgan fingerprint density at radius 2 is 2.12 bits per heavy atom. The van der Waals surface area contributed by atoms with Crippen molar-refractivity contribution in [1.29, 1.82) is 0 Å². The van der Waals surface area contributed by atoms with E-state index in [2.05, 4.69) is 29.0 Å². The molecule has 3 nitrogen and oxygen atoms in total. The van der Waals surface area contributed by atoms with Gasteiger partial charge in [0.1, 0.15) is 0 Å². The number of allylic oxidation sites excluding steroid dienone is 1. The van der Waals surface area contributed by atoms with Crippen LogP contribution in [0.15, 0.2) is 30.1 Å². The van der Waals surface area contributed by atoms with E-state index in [1.54, 1.807) is 0 Å². The summed E-state index contributed by atoms with van der Waals surface area (Å²) in [6.45, 7) is 2.20. The number of fused-ring (bicyclic) bond motifs is 1. The van der Waals surface area contributed by atoms with Gasteiger partial charge >= 0.3 is 10.5 Å². The molecule has 1 aromatic carbocycles. The summed E-state index contributed by atoms with van der Waals surface area (Å²) < 4.78 is 5.14. The fraction of sp³-hybridized carbons (Fsp3) is 0.385. The molecule has 3 radical (unpaired) electrons. The van der Waals surface area contributed by atoms with Crippen molar-refractivity contribution in [2.75, 3.05) is 0 Å². The number of benzene rings is 1. The third-order valence-corrected chi connectivity index (χ3v) is 3.08. The summed E-state index contributed by atoms with van der Waals surface area (Å²) in [4.78, 5) is 5.40. The molecule has 0 spiro atoms. The van der Waals surface area contributed by atoms with Crippen LogP contribution in [0.1, 0.15) is 38.2 Å². The molecule has 89 valence electrons. The molecule has 17 heavy (non-hydrogen) atoms. The summed E-state index contributed by atoms with van der Waals surface area (Å²) in [7, 11) is 3.06. The highest BCUT2D eigenvalue weighted by Crippen LogP contribution is 2.34. The Morgan fingerprint density at radius 3 is 2.88 bits per heavy atom. The van der Waals surface area contributed by atoms with Crippen molar-refractivity contribution in [3.8, 4) is 5.75 Å². The first-order valence-electron chi connectivity index (χ1n) is 5.95. The van der Waals surface area contributed by atoms with Gasteiger partial charge in [0.25, 0.3) is 0 Å². The highest BCUT2D eigenvalue weighted by Gasteiger charge is 2.19. The van der Waals surface area contributed by atoms with Gasteiger partial charge in [-0.15, -0.1) is 0 Å². The lowest BCUT2D eigenvalue weighted by Crippen LogP contribution is -2.25. The molecule has 0 bridgehead atoms. The summed E-state index contributed by atoms with van der Waals surface area (Å²) in [6, 6.07) is 7.98. The zero-order chi connectivity index (χ0) is 12.1. The van der Waals surface area contributed by atoms with Gasteiger partial charge in [-0.25, -0.2) is 0 Å². The molecule has 1 heterocycles. The summed E-state index contributed by atoms with van der Waals surface area (Å²) in [5.41, 5.74) is 5.08. The Kier molecular flexibility index (Phi) is 4.09. The van der Waals surface area contributed by atoms with Crippen LogP contribution < -0.4 is 10.3 Å². The Bertz CT molecular complexity index is 418. The lowest BCUT2D eigenvalue weighted by atomic mass is 9.98. The largest absolute Gasteiger partial charge is 0.527 e. The summed E-state index contributed by atoms with van der Waals surface area (Å²) >= 11 is 0. The van der Waals surface area contributed by atoms with Crippen LogP contribution in [0, 0.1) is 0 Å². The van der Waals surface area contributed by atoms with Gasteiger partial charge in [0, 0.05) is 11.1 Å². The number of para-hydroxylation sites is 1. The number of hydroxylamine groups is 1.